The molecule has 0 aliphatic carbocycles. The van der Waals surface area contributed by atoms with Crippen molar-refractivity contribution in [3.63, 3.8) is 0 Å². The van der Waals surface area contributed by atoms with Gasteiger partial charge >= 0.3 is 11.7 Å². The molecule has 31 heavy (non-hydrogen) atoms. The fraction of sp³-hybridized carbons (Fsp3) is 0.240. The van der Waals surface area contributed by atoms with E-state index in [1.807, 2.05) is 31.2 Å². The number of imidazole rings is 1. The first-order chi connectivity index (χ1) is 15.0. The second kappa shape index (κ2) is 9.77. The summed E-state index contributed by atoms with van der Waals surface area (Å²) in [6.07, 6.45) is 2.94. The minimum absolute atomic E-state index is 0.224. The second-order valence-electron chi connectivity index (χ2n) is 7.15. The Bertz CT molecular complexity index is 1220. The number of carbonyl (C=O) groups excluding carboxylic acids is 1. The lowest BCUT2D eigenvalue weighted by molar-refractivity contribution is 0.0697. The Labute approximate surface area is 180 Å². The highest BCUT2D eigenvalue weighted by atomic mass is 16.4. The van der Waals surface area contributed by atoms with Crippen molar-refractivity contribution in [2.75, 3.05) is 0 Å². The van der Waals surface area contributed by atoms with Crippen molar-refractivity contribution in [3.8, 4) is 23.0 Å². The van der Waals surface area contributed by atoms with Gasteiger partial charge in [-0.05, 0) is 36.1 Å². The molecule has 0 spiro atoms. The number of hydrogen-bond donors (Lipinski definition) is 1. The summed E-state index contributed by atoms with van der Waals surface area (Å²) in [5.74, 6) is 4.58. The Morgan fingerprint density at radius 3 is 2.42 bits per heavy atom. The summed E-state index contributed by atoms with van der Waals surface area (Å²) in [7, 11) is 0. The van der Waals surface area contributed by atoms with Crippen molar-refractivity contribution in [1.29, 1.82) is 0 Å². The third-order valence-corrected chi connectivity index (χ3v) is 5.00. The SMILES string of the molecule is CC#CCc1cn(C(=O)CCC)c(=O)n1Cc1ccc(-c2ccccc2C(=O)O)cc1. The molecule has 0 fully saturated rings. The summed E-state index contributed by atoms with van der Waals surface area (Å²) in [4.78, 5) is 36.7. The molecule has 0 saturated carbocycles. The molecule has 0 amide bonds. The van der Waals surface area contributed by atoms with Crippen LogP contribution in [0.1, 0.15) is 53.1 Å². The van der Waals surface area contributed by atoms with Crippen molar-refractivity contribution >= 4 is 11.9 Å². The molecule has 3 aromatic rings. The summed E-state index contributed by atoms with van der Waals surface area (Å²) in [5.41, 5.74) is 2.83. The Balaban J connectivity index is 1.94. The quantitative estimate of drug-likeness (QED) is 0.589. The lowest BCUT2D eigenvalue weighted by Crippen LogP contribution is -2.29. The van der Waals surface area contributed by atoms with Crippen LogP contribution in [0, 0.1) is 11.8 Å². The van der Waals surface area contributed by atoms with E-state index in [1.165, 1.54) is 4.57 Å². The summed E-state index contributed by atoms with van der Waals surface area (Å²) in [6.45, 7) is 3.93. The fourth-order valence-electron chi connectivity index (χ4n) is 3.42. The summed E-state index contributed by atoms with van der Waals surface area (Å²) >= 11 is 0. The third kappa shape index (κ3) is 4.84. The molecule has 6 nitrogen and oxygen atoms in total. The van der Waals surface area contributed by atoms with Crippen LogP contribution in [0.2, 0.25) is 0 Å². The van der Waals surface area contributed by atoms with Crippen LogP contribution in [-0.4, -0.2) is 26.1 Å². The van der Waals surface area contributed by atoms with E-state index in [0.29, 0.717) is 37.1 Å². The van der Waals surface area contributed by atoms with Gasteiger partial charge in [0.1, 0.15) is 0 Å². The van der Waals surface area contributed by atoms with E-state index in [4.69, 9.17) is 0 Å². The first kappa shape index (κ1) is 21.8. The third-order valence-electron chi connectivity index (χ3n) is 5.00. The zero-order valence-electron chi connectivity index (χ0n) is 17.6. The largest absolute Gasteiger partial charge is 0.478 e. The van der Waals surface area contributed by atoms with Crippen LogP contribution in [0.25, 0.3) is 11.1 Å². The number of aromatic nitrogens is 2. The second-order valence-corrected chi connectivity index (χ2v) is 7.15. The lowest BCUT2D eigenvalue weighted by atomic mass is 9.99. The van der Waals surface area contributed by atoms with Crippen molar-refractivity contribution in [3.05, 3.63) is 82.0 Å². The molecule has 0 atom stereocenters. The van der Waals surface area contributed by atoms with E-state index in [9.17, 15) is 19.5 Å². The Morgan fingerprint density at radius 2 is 1.77 bits per heavy atom. The van der Waals surface area contributed by atoms with E-state index in [1.54, 1.807) is 42.0 Å². The molecule has 1 heterocycles. The van der Waals surface area contributed by atoms with Gasteiger partial charge in [-0.25, -0.2) is 14.2 Å². The van der Waals surface area contributed by atoms with Gasteiger partial charge in [0.25, 0.3) is 0 Å². The highest BCUT2D eigenvalue weighted by molar-refractivity contribution is 5.96. The van der Waals surface area contributed by atoms with Gasteiger partial charge in [0, 0.05) is 12.6 Å². The zero-order valence-corrected chi connectivity index (χ0v) is 17.6. The standard InChI is InChI=1S/C25H24N2O4/c1-3-5-9-20-17-27(23(28)8-4-2)25(31)26(20)16-18-12-14-19(15-13-18)21-10-6-7-11-22(21)24(29)30/h6-7,10-15,17H,4,8-9,16H2,1-2H3,(H,29,30). The van der Waals surface area contributed by atoms with Crippen LogP contribution in [0.5, 0.6) is 0 Å². The number of nitrogens with zero attached hydrogens (tertiary/aromatic N) is 2. The van der Waals surface area contributed by atoms with Crippen molar-refractivity contribution in [2.45, 2.75) is 39.7 Å². The molecule has 1 aromatic heterocycles. The van der Waals surface area contributed by atoms with E-state index < -0.39 is 5.97 Å². The first-order valence-electron chi connectivity index (χ1n) is 10.1. The monoisotopic (exact) mass is 416 g/mol. The molecular formula is C25H24N2O4. The van der Waals surface area contributed by atoms with Gasteiger partial charge in [0.05, 0.1) is 24.2 Å². The molecule has 0 unspecified atom stereocenters. The normalized spacial score (nSPS) is 10.4. The molecule has 0 aliphatic heterocycles. The van der Waals surface area contributed by atoms with Gasteiger partial charge in [-0.3, -0.25) is 9.36 Å². The average Bonchev–Trinajstić information content (AvgIpc) is 3.08. The summed E-state index contributed by atoms with van der Waals surface area (Å²) in [6, 6.07) is 14.2. The van der Waals surface area contributed by atoms with Crippen LogP contribution >= 0.6 is 0 Å². The van der Waals surface area contributed by atoms with Crippen LogP contribution < -0.4 is 5.69 Å². The molecule has 1 N–H and O–H groups in total. The maximum atomic E-state index is 12.9. The Hall–Kier alpha value is -3.85. The van der Waals surface area contributed by atoms with Crippen LogP contribution in [0.3, 0.4) is 0 Å². The Kier molecular flexibility index (Phi) is 6.88. The first-order valence-corrected chi connectivity index (χ1v) is 10.1. The number of carbonyl (C=O) groups is 2. The zero-order chi connectivity index (χ0) is 22.4. The minimum atomic E-state index is -0.981. The molecule has 0 aliphatic rings. The van der Waals surface area contributed by atoms with Crippen molar-refractivity contribution < 1.29 is 14.7 Å². The Morgan fingerprint density at radius 1 is 1.06 bits per heavy atom. The molecule has 158 valence electrons. The summed E-state index contributed by atoms with van der Waals surface area (Å²) in [5, 5.41) is 9.41. The molecule has 0 bridgehead atoms. The molecule has 6 heteroatoms. The number of aromatic carboxylic acids is 1. The fourth-order valence-corrected chi connectivity index (χ4v) is 3.42. The van der Waals surface area contributed by atoms with Gasteiger partial charge in [0.15, 0.2) is 0 Å². The van der Waals surface area contributed by atoms with E-state index in [-0.39, 0.29) is 17.2 Å². The minimum Gasteiger partial charge on any atom is -0.478 e. The highest BCUT2D eigenvalue weighted by Crippen LogP contribution is 2.24. The van der Waals surface area contributed by atoms with E-state index in [2.05, 4.69) is 11.8 Å². The number of benzene rings is 2. The van der Waals surface area contributed by atoms with Crippen LogP contribution in [0.15, 0.2) is 59.5 Å². The van der Waals surface area contributed by atoms with Crippen LogP contribution in [0.4, 0.5) is 0 Å². The van der Waals surface area contributed by atoms with E-state index in [0.717, 1.165) is 11.1 Å². The van der Waals surface area contributed by atoms with Gasteiger partial charge in [-0.1, -0.05) is 55.3 Å². The highest BCUT2D eigenvalue weighted by Gasteiger charge is 2.16. The number of hydrogen-bond acceptors (Lipinski definition) is 3. The molecule has 0 saturated heterocycles. The average molecular weight is 416 g/mol. The molecule has 0 radical (unpaired) electrons. The predicted molar refractivity (Wildman–Crippen MR) is 119 cm³/mol. The number of rotatable bonds is 7. The topological polar surface area (TPSA) is 81.3 Å². The smallest absolute Gasteiger partial charge is 0.336 e. The van der Waals surface area contributed by atoms with Gasteiger partial charge in [-0.2, -0.15) is 0 Å². The van der Waals surface area contributed by atoms with Crippen molar-refractivity contribution in [2.24, 2.45) is 0 Å². The predicted octanol–water partition coefficient (Wildman–Crippen LogP) is 4.07. The number of carboxylic acids is 1. The van der Waals surface area contributed by atoms with Gasteiger partial charge in [-0.15, -0.1) is 5.92 Å². The van der Waals surface area contributed by atoms with Gasteiger partial charge < -0.3 is 5.11 Å². The molecule has 3 rings (SSSR count). The maximum absolute atomic E-state index is 12.9. The lowest BCUT2D eigenvalue weighted by Gasteiger charge is -2.09. The summed E-state index contributed by atoms with van der Waals surface area (Å²) < 4.78 is 2.74. The maximum Gasteiger partial charge on any atom is 0.336 e. The van der Waals surface area contributed by atoms with Crippen molar-refractivity contribution in [1.82, 2.24) is 9.13 Å². The molecular weight excluding hydrogens is 392 g/mol. The molecule has 2 aromatic carbocycles. The van der Waals surface area contributed by atoms with Crippen LogP contribution in [-0.2, 0) is 13.0 Å². The number of carboxylic acid groups (broad SMARTS) is 1. The van der Waals surface area contributed by atoms with E-state index >= 15 is 0 Å². The van der Waals surface area contributed by atoms with Gasteiger partial charge in [0.2, 0.25) is 5.91 Å².